The van der Waals surface area contributed by atoms with Gasteiger partial charge in [0.15, 0.2) is 17.1 Å². The summed E-state index contributed by atoms with van der Waals surface area (Å²) >= 11 is 3.08. The molecule has 0 aliphatic carbocycles. The SMILES string of the molecule is Cc1ccc(C(=O)COC(=O)c2ccc(Br)o2)cc1. The summed E-state index contributed by atoms with van der Waals surface area (Å²) in [4.78, 5) is 23.3. The molecule has 0 aliphatic heterocycles. The Bertz CT molecular complexity index is 598. The Morgan fingerprint density at radius 2 is 1.84 bits per heavy atom. The van der Waals surface area contributed by atoms with Crippen LogP contribution in [0.15, 0.2) is 45.5 Å². The van der Waals surface area contributed by atoms with Gasteiger partial charge in [-0.1, -0.05) is 29.8 Å². The van der Waals surface area contributed by atoms with Gasteiger partial charge in [0, 0.05) is 5.56 Å². The fourth-order valence-corrected chi connectivity index (χ4v) is 1.76. The molecule has 5 heteroatoms. The van der Waals surface area contributed by atoms with Crippen molar-refractivity contribution in [3.8, 4) is 0 Å². The zero-order valence-corrected chi connectivity index (χ0v) is 11.8. The summed E-state index contributed by atoms with van der Waals surface area (Å²) in [5.74, 6) is -0.853. The zero-order chi connectivity index (χ0) is 13.8. The van der Waals surface area contributed by atoms with Gasteiger partial charge < -0.3 is 9.15 Å². The standard InChI is InChI=1S/C14H11BrO4/c1-9-2-4-10(5-3-9)11(16)8-18-14(17)12-6-7-13(15)19-12/h2-7H,8H2,1H3. The third-order valence-corrected chi connectivity index (χ3v) is 2.91. The normalized spacial score (nSPS) is 10.2. The molecule has 98 valence electrons. The van der Waals surface area contributed by atoms with E-state index < -0.39 is 5.97 Å². The lowest BCUT2D eigenvalue weighted by Crippen LogP contribution is -2.13. The third-order valence-electron chi connectivity index (χ3n) is 2.48. The monoisotopic (exact) mass is 322 g/mol. The molecule has 0 saturated heterocycles. The first-order valence-electron chi connectivity index (χ1n) is 5.58. The fraction of sp³-hybridized carbons (Fsp3) is 0.143. The van der Waals surface area contributed by atoms with E-state index in [1.165, 1.54) is 6.07 Å². The number of rotatable bonds is 4. The number of esters is 1. The number of ketones is 1. The van der Waals surface area contributed by atoms with E-state index in [2.05, 4.69) is 15.9 Å². The molecule has 4 nitrogen and oxygen atoms in total. The van der Waals surface area contributed by atoms with Crippen LogP contribution < -0.4 is 0 Å². The van der Waals surface area contributed by atoms with Crippen molar-refractivity contribution in [2.45, 2.75) is 6.92 Å². The van der Waals surface area contributed by atoms with Gasteiger partial charge in [0.1, 0.15) is 0 Å². The van der Waals surface area contributed by atoms with E-state index in [4.69, 9.17) is 9.15 Å². The number of carbonyl (C=O) groups is 2. The topological polar surface area (TPSA) is 56.5 Å². The molecule has 0 unspecified atom stereocenters. The summed E-state index contributed by atoms with van der Waals surface area (Å²) in [6.45, 7) is 1.63. The molecule has 0 bridgehead atoms. The molecule has 2 rings (SSSR count). The van der Waals surface area contributed by atoms with Crippen molar-refractivity contribution < 1.29 is 18.7 Å². The number of furan rings is 1. The Labute approximate surface area is 118 Å². The first-order valence-corrected chi connectivity index (χ1v) is 6.38. The molecule has 0 saturated carbocycles. The highest BCUT2D eigenvalue weighted by atomic mass is 79.9. The van der Waals surface area contributed by atoms with Gasteiger partial charge in [-0.3, -0.25) is 4.79 Å². The van der Waals surface area contributed by atoms with Gasteiger partial charge in [-0.25, -0.2) is 4.79 Å². The molecule has 0 radical (unpaired) electrons. The van der Waals surface area contributed by atoms with Crippen LogP contribution in [-0.4, -0.2) is 18.4 Å². The maximum absolute atomic E-state index is 11.8. The average molecular weight is 323 g/mol. The number of benzene rings is 1. The summed E-state index contributed by atoms with van der Waals surface area (Å²) in [6.07, 6.45) is 0. The lowest BCUT2D eigenvalue weighted by molar-refractivity contribution is 0.0442. The van der Waals surface area contributed by atoms with Crippen LogP contribution >= 0.6 is 15.9 Å². The fourth-order valence-electron chi connectivity index (χ4n) is 1.45. The highest BCUT2D eigenvalue weighted by Crippen LogP contribution is 2.15. The Kier molecular flexibility index (Phi) is 4.16. The van der Waals surface area contributed by atoms with Crippen molar-refractivity contribution in [1.29, 1.82) is 0 Å². The number of aryl methyl sites for hydroxylation is 1. The summed E-state index contributed by atoms with van der Waals surface area (Å²) in [5.41, 5.74) is 1.58. The first-order chi connectivity index (χ1) is 9.06. The minimum Gasteiger partial charge on any atom is -0.451 e. The van der Waals surface area contributed by atoms with Crippen LogP contribution in [0.3, 0.4) is 0 Å². The molecule has 1 aromatic heterocycles. The summed E-state index contributed by atoms with van der Waals surface area (Å²) in [5, 5.41) is 0. The Hall–Kier alpha value is -1.88. The van der Waals surface area contributed by atoms with Crippen LogP contribution in [-0.2, 0) is 4.74 Å². The number of halogens is 1. The van der Waals surface area contributed by atoms with Gasteiger partial charge in [0.05, 0.1) is 0 Å². The molecule has 1 heterocycles. The van der Waals surface area contributed by atoms with Crippen LogP contribution in [0.5, 0.6) is 0 Å². The predicted octanol–water partition coefficient (Wildman–Crippen LogP) is 3.39. The molecule has 19 heavy (non-hydrogen) atoms. The van der Waals surface area contributed by atoms with E-state index in [0.717, 1.165) is 5.56 Å². The molecule has 0 N–H and O–H groups in total. The van der Waals surface area contributed by atoms with Gasteiger partial charge in [-0.2, -0.15) is 0 Å². The van der Waals surface area contributed by atoms with Crippen molar-refractivity contribution in [1.82, 2.24) is 0 Å². The molecule has 1 aromatic carbocycles. The van der Waals surface area contributed by atoms with E-state index in [0.29, 0.717) is 10.2 Å². The molecule has 0 amide bonds. The Balaban J connectivity index is 1.93. The Morgan fingerprint density at radius 1 is 1.16 bits per heavy atom. The number of carbonyl (C=O) groups excluding carboxylic acids is 2. The van der Waals surface area contributed by atoms with E-state index in [-0.39, 0.29) is 18.2 Å². The van der Waals surface area contributed by atoms with Crippen molar-refractivity contribution in [2.24, 2.45) is 0 Å². The van der Waals surface area contributed by atoms with Crippen LogP contribution in [0.4, 0.5) is 0 Å². The largest absolute Gasteiger partial charge is 0.451 e. The third kappa shape index (κ3) is 3.54. The lowest BCUT2D eigenvalue weighted by atomic mass is 10.1. The quantitative estimate of drug-likeness (QED) is 0.639. The van der Waals surface area contributed by atoms with Crippen molar-refractivity contribution in [3.05, 3.63) is 58.0 Å². The number of Topliss-reactive ketones (excluding diaryl/α,β-unsaturated/α-hetero) is 1. The van der Waals surface area contributed by atoms with Gasteiger partial charge in [-0.15, -0.1) is 0 Å². The van der Waals surface area contributed by atoms with Crippen LogP contribution in [0, 0.1) is 6.92 Å². The highest BCUT2D eigenvalue weighted by molar-refractivity contribution is 9.10. The van der Waals surface area contributed by atoms with E-state index in [9.17, 15) is 9.59 Å². The number of hydrogen-bond acceptors (Lipinski definition) is 4. The number of hydrogen-bond donors (Lipinski definition) is 0. The molecule has 2 aromatic rings. The van der Waals surface area contributed by atoms with E-state index >= 15 is 0 Å². The second kappa shape index (κ2) is 5.84. The van der Waals surface area contributed by atoms with E-state index in [1.54, 1.807) is 18.2 Å². The lowest BCUT2D eigenvalue weighted by Gasteiger charge is -2.03. The maximum atomic E-state index is 11.8. The molecular weight excluding hydrogens is 312 g/mol. The van der Waals surface area contributed by atoms with Gasteiger partial charge >= 0.3 is 5.97 Å². The van der Waals surface area contributed by atoms with Crippen LogP contribution in [0.1, 0.15) is 26.5 Å². The molecule has 0 atom stereocenters. The van der Waals surface area contributed by atoms with Gasteiger partial charge in [-0.05, 0) is 35.0 Å². The predicted molar refractivity (Wildman–Crippen MR) is 72.2 cm³/mol. The summed E-state index contributed by atoms with van der Waals surface area (Å²) < 4.78 is 10.3. The second-order valence-corrected chi connectivity index (χ2v) is 4.75. The van der Waals surface area contributed by atoms with Crippen LogP contribution in [0.2, 0.25) is 0 Å². The Morgan fingerprint density at radius 3 is 2.42 bits per heavy atom. The highest BCUT2D eigenvalue weighted by Gasteiger charge is 2.14. The maximum Gasteiger partial charge on any atom is 0.374 e. The van der Waals surface area contributed by atoms with Crippen molar-refractivity contribution in [2.75, 3.05) is 6.61 Å². The van der Waals surface area contributed by atoms with Crippen molar-refractivity contribution in [3.63, 3.8) is 0 Å². The van der Waals surface area contributed by atoms with Gasteiger partial charge in [0.25, 0.3) is 0 Å². The second-order valence-electron chi connectivity index (χ2n) is 3.97. The first kappa shape index (κ1) is 13.5. The minimum absolute atomic E-state index is 0.0589. The molecule has 0 aliphatic rings. The number of ether oxygens (including phenoxy) is 1. The summed E-state index contributed by atoms with van der Waals surface area (Å²) in [7, 11) is 0. The van der Waals surface area contributed by atoms with E-state index in [1.807, 2.05) is 19.1 Å². The van der Waals surface area contributed by atoms with Crippen molar-refractivity contribution >= 4 is 27.7 Å². The van der Waals surface area contributed by atoms with Gasteiger partial charge in [0.2, 0.25) is 5.76 Å². The molecular formula is C14H11BrO4. The average Bonchev–Trinajstić information content (AvgIpc) is 2.83. The smallest absolute Gasteiger partial charge is 0.374 e. The minimum atomic E-state index is -0.661. The zero-order valence-electron chi connectivity index (χ0n) is 10.2. The molecule has 0 spiro atoms. The summed E-state index contributed by atoms with van der Waals surface area (Å²) in [6, 6.07) is 10.1. The van der Waals surface area contributed by atoms with Crippen LogP contribution in [0.25, 0.3) is 0 Å². The molecule has 0 fully saturated rings.